The van der Waals surface area contributed by atoms with E-state index in [2.05, 4.69) is 5.32 Å². The summed E-state index contributed by atoms with van der Waals surface area (Å²) in [6.07, 6.45) is 2.21. The summed E-state index contributed by atoms with van der Waals surface area (Å²) in [4.78, 5) is 26.1. The number of nitrogens with zero attached hydrogens (tertiary/aromatic N) is 2. The molecule has 1 aromatic carbocycles. The lowest BCUT2D eigenvalue weighted by Gasteiger charge is -2.26. The molecule has 1 saturated heterocycles. The fourth-order valence-corrected chi connectivity index (χ4v) is 3.22. The Bertz CT molecular complexity index is 866. The van der Waals surface area contributed by atoms with Crippen molar-refractivity contribution in [1.29, 1.82) is 0 Å². The Labute approximate surface area is 143 Å². The van der Waals surface area contributed by atoms with E-state index in [9.17, 15) is 18.4 Å². The molecule has 1 amide bonds. The van der Waals surface area contributed by atoms with Crippen molar-refractivity contribution in [3.8, 4) is 0 Å². The van der Waals surface area contributed by atoms with Gasteiger partial charge in [-0.2, -0.15) is 0 Å². The number of rotatable bonds is 3. The van der Waals surface area contributed by atoms with Crippen LogP contribution < -0.4 is 10.9 Å². The first kappa shape index (κ1) is 17.3. The zero-order valence-electron chi connectivity index (χ0n) is 14.0. The van der Waals surface area contributed by atoms with Gasteiger partial charge in [0.05, 0.1) is 12.1 Å². The van der Waals surface area contributed by atoms with Crippen LogP contribution in [0.1, 0.15) is 28.4 Å². The second kappa shape index (κ2) is 6.76. The molecule has 2 atom stereocenters. The van der Waals surface area contributed by atoms with E-state index in [1.54, 1.807) is 13.1 Å². The molecule has 1 fully saturated rings. The minimum atomic E-state index is -0.908. The van der Waals surface area contributed by atoms with E-state index in [4.69, 9.17) is 0 Å². The second-order valence-corrected chi connectivity index (χ2v) is 6.33. The van der Waals surface area contributed by atoms with E-state index in [0.717, 1.165) is 6.07 Å². The highest BCUT2D eigenvalue weighted by molar-refractivity contribution is 5.94. The predicted molar refractivity (Wildman–Crippen MR) is 89.3 cm³/mol. The highest BCUT2D eigenvalue weighted by atomic mass is 19.2. The molecule has 2 aromatic rings. The summed E-state index contributed by atoms with van der Waals surface area (Å²) in [7, 11) is 3.48. The van der Waals surface area contributed by atoms with Crippen molar-refractivity contribution < 1.29 is 13.6 Å². The number of carbonyl (C=O) groups is 1. The normalized spacial score (nSPS) is 20.6. The van der Waals surface area contributed by atoms with Crippen molar-refractivity contribution in [2.75, 3.05) is 13.6 Å². The quantitative estimate of drug-likeness (QED) is 0.922. The van der Waals surface area contributed by atoms with Gasteiger partial charge in [0.2, 0.25) is 0 Å². The Balaban J connectivity index is 1.82. The predicted octanol–water partition coefficient (Wildman–Crippen LogP) is 1.84. The molecule has 0 bridgehead atoms. The number of hydrogen-bond donors (Lipinski definition) is 1. The number of likely N-dealkylation sites (N-methyl/N-ethyl adjacent to an activating group) is 1. The molecule has 5 nitrogen and oxygen atoms in total. The maximum atomic E-state index is 13.6. The number of nitrogens with one attached hydrogen (secondary N) is 1. The maximum absolute atomic E-state index is 13.6. The van der Waals surface area contributed by atoms with E-state index >= 15 is 0 Å². The maximum Gasteiger partial charge on any atom is 0.251 e. The molecule has 2 heterocycles. The summed E-state index contributed by atoms with van der Waals surface area (Å²) in [6, 6.07) is 6.12. The van der Waals surface area contributed by atoms with Crippen LogP contribution in [-0.2, 0) is 7.05 Å². The minimum Gasteiger partial charge on any atom is -0.347 e. The average molecular weight is 347 g/mol. The number of likely N-dealkylation sites (tertiary alicyclic amines) is 1. The number of hydrogen-bond acceptors (Lipinski definition) is 3. The molecule has 0 saturated carbocycles. The Hall–Kier alpha value is -2.54. The Morgan fingerprint density at radius 1 is 1.16 bits per heavy atom. The molecule has 1 aliphatic rings. The van der Waals surface area contributed by atoms with Gasteiger partial charge in [-0.1, -0.05) is 6.07 Å². The van der Waals surface area contributed by atoms with Gasteiger partial charge in [0, 0.05) is 31.4 Å². The SMILES string of the molecule is CN1CC[C@@H](NC(=O)c2ccn(C)c(=O)c2)[C@@H]1c1ccc(F)c(F)c1. The molecular formula is C18H19F2N3O2. The number of amides is 1. The number of aromatic nitrogens is 1. The first-order chi connectivity index (χ1) is 11.9. The Morgan fingerprint density at radius 2 is 1.92 bits per heavy atom. The number of pyridine rings is 1. The topological polar surface area (TPSA) is 54.3 Å². The lowest BCUT2D eigenvalue weighted by molar-refractivity contribution is 0.0927. The first-order valence-electron chi connectivity index (χ1n) is 7.99. The molecule has 132 valence electrons. The molecule has 1 N–H and O–H groups in total. The van der Waals surface area contributed by atoms with Crippen molar-refractivity contribution in [2.24, 2.45) is 7.05 Å². The largest absolute Gasteiger partial charge is 0.347 e. The molecular weight excluding hydrogens is 328 g/mol. The fourth-order valence-electron chi connectivity index (χ4n) is 3.22. The van der Waals surface area contributed by atoms with Gasteiger partial charge in [0.25, 0.3) is 11.5 Å². The van der Waals surface area contributed by atoms with Crippen LogP contribution in [0.15, 0.2) is 41.3 Å². The molecule has 3 rings (SSSR count). The molecule has 1 aromatic heterocycles. The van der Waals surface area contributed by atoms with Gasteiger partial charge < -0.3 is 9.88 Å². The summed E-state index contributed by atoms with van der Waals surface area (Å²) < 4.78 is 28.1. The molecule has 7 heteroatoms. The lowest BCUT2D eigenvalue weighted by atomic mass is 9.99. The monoisotopic (exact) mass is 347 g/mol. The smallest absolute Gasteiger partial charge is 0.251 e. The van der Waals surface area contributed by atoms with Gasteiger partial charge in [-0.3, -0.25) is 14.5 Å². The third-order valence-corrected chi connectivity index (χ3v) is 4.62. The van der Waals surface area contributed by atoms with E-state index in [1.165, 1.54) is 29.0 Å². The van der Waals surface area contributed by atoms with Crippen LogP contribution in [0.4, 0.5) is 8.78 Å². The number of benzene rings is 1. The van der Waals surface area contributed by atoms with Gasteiger partial charge in [0.1, 0.15) is 0 Å². The number of halogens is 2. The zero-order chi connectivity index (χ0) is 18.1. The first-order valence-corrected chi connectivity index (χ1v) is 7.99. The summed E-state index contributed by atoms with van der Waals surface area (Å²) in [6.45, 7) is 0.713. The molecule has 25 heavy (non-hydrogen) atoms. The van der Waals surface area contributed by atoms with Gasteiger partial charge in [-0.25, -0.2) is 8.78 Å². The standard InChI is InChI=1S/C18H19F2N3O2/c1-22-7-5-12(10-16(22)24)18(25)21-15-6-8-23(2)17(15)11-3-4-13(19)14(20)9-11/h3-5,7,9-10,15,17H,6,8H2,1-2H3,(H,21,25)/t15-,17+/m1/s1. The molecule has 0 unspecified atom stereocenters. The van der Waals surface area contributed by atoms with Crippen LogP contribution >= 0.6 is 0 Å². The van der Waals surface area contributed by atoms with E-state index in [0.29, 0.717) is 18.5 Å². The van der Waals surface area contributed by atoms with Crippen molar-refractivity contribution >= 4 is 5.91 Å². The van der Waals surface area contributed by atoms with Crippen LogP contribution in [0.5, 0.6) is 0 Å². The van der Waals surface area contributed by atoms with E-state index < -0.39 is 11.6 Å². The molecule has 0 spiro atoms. The summed E-state index contributed by atoms with van der Waals surface area (Å²) >= 11 is 0. The molecule has 0 aliphatic carbocycles. The molecule has 1 aliphatic heterocycles. The van der Waals surface area contributed by atoms with Gasteiger partial charge in [0.15, 0.2) is 11.6 Å². The van der Waals surface area contributed by atoms with Gasteiger partial charge in [-0.05, 0) is 37.2 Å². The van der Waals surface area contributed by atoms with Crippen LogP contribution in [0.25, 0.3) is 0 Å². The highest BCUT2D eigenvalue weighted by Gasteiger charge is 2.34. The number of carbonyl (C=O) groups excluding carboxylic acids is 1. The van der Waals surface area contributed by atoms with Crippen molar-refractivity contribution in [1.82, 2.24) is 14.8 Å². The Morgan fingerprint density at radius 3 is 2.60 bits per heavy atom. The van der Waals surface area contributed by atoms with E-state index in [1.807, 2.05) is 11.9 Å². The van der Waals surface area contributed by atoms with Crippen LogP contribution in [0.3, 0.4) is 0 Å². The van der Waals surface area contributed by atoms with Crippen molar-refractivity contribution in [3.63, 3.8) is 0 Å². The van der Waals surface area contributed by atoms with E-state index in [-0.39, 0.29) is 29.1 Å². The number of aryl methyl sites for hydroxylation is 1. The van der Waals surface area contributed by atoms with Crippen molar-refractivity contribution in [3.05, 3.63) is 69.6 Å². The van der Waals surface area contributed by atoms with Crippen LogP contribution in [0, 0.1) is 11.6 Å². The molecule has 0 radical (unpaired) electrons. The summed E-state index contributed by atoms with van der Waals surface area (Å²) in [5.41, 5.74) is 0.614. The van der Waals surface area contributed by atoms with Gasteiger partial charge in [-0.15, -0.1) is 0 Å². The third-order valence-electron chi connectivity index (χ3n) is 4.62. The minimum absolute atomic E-state index is 0.258. The van der Waals surface area contributed by atoms with Crippen LogP contribution in [-0.4, -0.2) is 35.0 Å². The summed E-state index contributed by atoms with van der Waals surface area (Å²) in [5, 5.41) is 2.91. The average Bonchev–Trinajstić information content (AvgIpc) is 2.93. The fraction of sp³-hybridized carbons (Fsp3) is 0.333. The lowest BCUT2D eigenvalue weighted by Crippen LogP contribution is -2.39. The highest BCUT2D eigenvalue weighted by Crippen LogP contribution is 2.31. The van der Waals surface area contributed by atoms with Crippen molar-refractivity contribution in [2.45, 2.75) is 18.5 Å². The third kappa shape index (κ3) is 3.46. The summed E-state index contributed by atoms with van der Waals surface area (Å²) in [5.74, 6) is -2.16. The zero-order valence-corrected chi connectivity index (χ0v) is 14.0. The second-order valence-electron chi connectivity index (χ2n) is 6.33. The van der Waals surface area contributed by atoms with Crippen LogP contribution in [0.2, 0.25) is 0 Å². The Kier molecular flexibility index (Phi) is 4.67. The van der Waals surface area contributed by atoms with Gasteiger partial charge >= 0.3 is 0 Å².